The summed E-state index contributed by atoms with van der Waals surface area (Å²) in [7, 11) is 0. The first kappa shape index (κ1) is 12.6. The molecular formula is C13H22N2O2. The molecule has 0 bridgehead atoms. The smallest absolute Gasteiger partial charge is 0.0615 e. The van der Waals surface area contributed by atoms with Gasteiger partial charge in [0.15, 0.2) is 0 Å². The Labute approximate surface area is 103 Å². The lowest BCUT2D eigenvalue weighted by molar-refractivity contribution is 0.0112. The van der Waals surface area contributed by atoms with E-state index in [2.05, 4.69) is 35.3 Å². The molecule has 1 fully saturated rings. The van der Waals surface area contributed by atoms with Gasteiger partial charge < -0.3 is 19.7 Å². The molecule has 0 aromatic carbocycles. The van der Waals surface area contributed by atoms with Crippen molar-refractivity contribution in [2.24, 2.45) is 0 Å². The summed E-state index contributed by atoms with van der Waals surface area (Å²) in [5.41, 5.74) is 1.12. The number of aromatic nitrogens is 1. The van der Waals surface area contributed by atoms with Crippen LogP contribution in [0.5, 0.6) is 0 Å². The predicted molar refractivity (Wildman–Crippen MR) is 66.8 cm³/mol. The molecule has 1 aliphatic rings. The first-order valence-corrected chi connectivity index (χ1v) is 6.36. The minimum atomic E-state index is -0.146. The Bertz CT molecular complexity index is 343. The van der Waals surface area contributed by atoms with Crippen LogP contribution in [0.4, 0.5) is 0 Å². The maximum Gasteiger partial charge on any atom is 0.0615 e. The molecule has 4 nitrogen and oxygen atoms in total. The molecule has 0 aliphatic carbocycles. The van der Waals surface area contributed by atoms with Crippen molar-refractivity contribution in [3.05, 3.63) is 24.0 Å². The average Bonchev–Trinajstić information content (AvgIpc) is 2.85. The molecule has 1 saturated heterocycles. The highest BCUT2D eigenvalue weighted by molar-refractivity contribution is 5.10. The van der Waals surface area contributed by atoms with Gasteiger partial charge in [0.25, 0.3) is 0 Å². The fourth-order valence-electron chi connectivity index (χ4n) is 2.23. The van der Waals surface area contributed by atoms with Crippen molar-refractivity contribution in [3.8, 4) is 0 Å². The molecule has 0 radical (unpaired) electrons. The van der Waals surface area contributed by atoms with Crippen molar-refractivity contribution >= 4 is 0 Å². The van der Waals surface area contributed by atoms with Crippen LogP contribution in [-0.2, 0) is 17.8 Å². The molecule has 1 aromatic heterocycles. The van der Waals surface area contributed by atoms with E-state index >= 15 is 0 Å². The van der Waals surface area contributed by atoms with Crippen LogP contribution in [0.2, 0.25) is 0 Å². The Hall–Kier alpha value is -0.840. The van der Waals surface area contributed by atoms with E-state index in [1.807, 2.05) is 0 Å². The molecule has 0 amide bonds. The van der Waals surface area contributed by atoms with E-state index in [0.29, 0.717) is 0 Å². The summed E-state index contributed by atoms with van der Waals surface area (Å²) >= 11 is 0. The molecule has 17 heavy (non-hydrogen) atoms. The van der Waals surface area contributed by atoms with E-state index in [-0.39, 0.29) is 12.1 Å². The van der Waals surface area contributed by atoms with Gasteiger partial charge in [-0.3, -0.25) is 0 Å². The fourth-order valence-corrected chi connectivity index (χ4v) is 2.23. The topological polar surface area (TPSA) is 46.4 Å². The van der Waals surface area contributed by atoms with Crippen LogP contribution in [0.15, 0.2) is 18.5 Å². The summed E-state index contributed by atoms with van der Waals surface area (Å²) in [5, 5.41) is 13.0. The van der Waals surface area contributed by atoms with Gasteiger partial charge in [-0.2, -0.15) is 0 Å². The Balaban J connectivity index is 1.90. The van der Waals surface area contributed by atoms with Gasteiger partial charge in [-0.1, -0.05) is 0 Å². The molecule has 1 aliphatic heterocycles. The second kappa shape index (κ2) is 5.67. The minimum absolute atomic E-state index is 0.146. The quantitative estimate of drug-likeness (QED) is 0.808. The number of aliphatic hydroxyl groups excluding tert-OH is 1. The Morgan fingerprint density at radius 2 is 2.24 bits per heavy atom. The summed E-state index contributed by atoms with van der Waals surface area (Å²) in [4.78, 5) is 0. The first-order chi connectivity index (χ1) is 8.28. The number of hydrogen-bond acceptors (Lipinski definition) is 3. The van der Waals surface area contributed by atoms with Crippen LogP contribution in [-0.4, -0.2) is 35.0 Å². The zero-order valence-corrected chi connectivity index (χ0v) is 10.5. The summed E-state index contributed by atoms with van der Waals surface area (Å²) in [6.07, 6.45) is 6.01. The molecule has 1 aromatic rings. The van der Waals surface area contributed by atoms with Crippen LogP contribution < -0.4 is 5.32 Å². The Kier molecular flexibility index (Phi) is 4.20. The van der Waals surface area contributed by atoms with E-state index in [1.54, 1.807) is 0 Å². The number of aryl methyl sites for hydroxylation is 1. The minimum Gasteiger partial charge on any atom is -0.394 e. The highest BCUT2D eigenvalue weighted by Gasteiger charge is 2.31. The van der Waals surface area contributed by atoms with Crippen LogP contribution in [0.3, 0.4) is 0 Å². The highest BCUT2D eigenvalue weighted by atomic mass is 16.5. The van der Waals surface area contributed by atoms with Crippen molar-refractivity contribution in [2.75, 3.05) is 19.8 Å². The van der Waals surface area contributed by atoms with E-state index in [9.17, 15) is 5.11 Å². The first-order valence-electron chi connectivity index (χ1n) is 6.36. The maximum atomic E-state index is 9.55. The second-order valence-electron chi connectivity index (χ2n) is 4.75. The molecule has 2 N–H and O–H groups in total. The normalized spacial score (nSPS) is 19.4. The number of aliphatic hydroxyl groups is 1. The summed E-state index contributed by atoms with van der Waals surface area (Å²) in [6, 6.07) is 2.13. The van der Waals surface area contributed by atoms with Crippen molar-refractivity contribution in [1.82, 2.24) is 9.88 Å². The highest BCUT2D eigenvalue weighted by Crippen LogP contribution is 2.20. The monoisotopic (exact) mass is 238 g/mol. The number of rotatable bonds is 5. The zero-order chi connectivity index (χ0) is 12.1. The number of nitrogens with zero attached hydrogens (tertiary/aromatic N) is 1. The molecule has 2 heterocycles. The lowest BCUT2D eigenvalue weighted by Crippen LogP contribution is -2.51. The van der Waals surface area contributed by atoms with E-state index in [1.165, 1.54) is 5.56 Å². The molecular weight excluding hydrogens is 216 g/mol. The van der Waals surface area contributed by atoms with Crippen LogP contribution in [0.1, 0.15) is 25.3 Å². The second-order valence-corrected chi connectivity index (χ2v) is 4.75. The van der Waals surface area contributed by atoms with Crippen LogP contribution in [0, 0.1) is 0 Å². The van der Waals surface area contributed by atoms with Gasteiger partial charge in [-0.25, -0.2) is 0 Å². The van der Waals surface area contributed by atoms with Gasteiger partial charge in [0, 0.05) is 44.2 Å². The number of ether oxygens (including phenoxy) is 1. The van der Waals surface area contributed by atoms with Gasteiger partial charge in [-0.05, 0) is 31.4 Å². The van der Waals surface area contributed by atoms with Crippen LogP contribution in [0.25, 0.3) is 0 Å². The lowest BCUT2D eigenvalue weighted by Gasteiger charge is -2.36. The predicted octanol–water partition coefficient (Wildman–Crippen LogP) is 1.14. The third-order valence-electron chi connectivity index (χ3n) is 3.60. The maximum absolute atomic E-state index is 9.55. The van der Waals surface area contributed by atoms with Gasteiger partial charge in [-0.15, -0.1) is 0 Å². The molecule has 4 heteroatoms. The van der Waals surface area contributed by atoms with E-state index in [0.717, 1.165) is 39.1 Å². The molecule has 0 spiro atoms. The third kappa shape index (κ3) is 3.09. The Morgan fingerprint density at radius 1 is 1.47 bits per heavy atom. The molecule has 0 saturated carbocycles. The lowest BCUT2D eigenvalue weighted by atomic mass is 9.91. The molecule has 96 valence electrons. The summed E-state index contributed by atoms with van der Waals surface area (Å²) < 4.78 is 7.50. The SMILES string of the molecule is CCn1ccc(CNC2(CO)CCOCC2)c1. The largest absolute Gasteiger partial charge is 0.394 e. The third-order valence-corrected chi connectivity index (χ3v) is 3.60. The van der Waals surface area contributed by atoms with Crippen LogP contribution >= 0.6 is 0 Å². The average molecular weight is 238 g/mol. The van der Waals surface area contributed by atoms with Gasteiger partial charge >= 0.3 is 0 Å². The van der Waals surface area contributed by atoms with Crippen molar-refractivity contribution in [1.29, 1.82) is 0 Å². The Morgan fingerprint density at radius 3 is 2.82 bits per heavy atom. The summed E-state index contributed by atoms with van der Waals surface area (Å²) in [6.45, 7) is 5.61. The number of hydrogen-bond donors (Lipinski definition) is 2. The van der Waals surface area contributed by atoms with Crippen molar-refractivity contribution in [3.63, 3.8) is 0 Å². The van der Waals surface area contributed by atoms with Gasteiger partial charge in [0.2, 0.25) is 0 Å². The molecule has 2 rings (SSSR count). The van der Waals surface area contributed by atoms with E-state index in [4.69, 9.17) is 4.74 Å². The summed E-state index contributed by atoms with van der Waals surface area (Å²) in [5.74, 6) is 0. The number of nitrogens with one attached hydrogen (secondary N) is 1. The van der Waals surface area contributed by atoms with Gasteiger partial charge in [0.05, 0.1) is 6.61 Å². The van der Waals surface area contributed by atoms with Crippen molar-refractivity contribution in [2.45, 2.75) is 38.4 Å². The fraction of sp³-hybridized carbons (Fsp3) is 0.692. The van der Waals surface area contributed by atoms with Gasteiger partial charge in [0.1, 0.15) is 0 Å². The van der Waals surface area contributed by atoms with E-state index < -0.39 is 0 Å². The zero-order valence-electron chi connectivity index (χ0n) is 10.5. The molecule has 0 unspecified atom stereocenters. The van der Waals surface area contributed by atoms with Crippen molar-refractivity contribution < 1.29 is 9.84 Å². The molecule has 0 atom stereocenters. The standard InChI is InChI=1S/C13H22N2O2/c1-2-15-6-3-12(10-15)9-14-13(11-16)4-7-17-8-5-13/h3,6,10,14,16H,2,4-5,7-9,11H2,1H3.